The van der Waals surface area contributed by atoms with Gasteiger partial charge in [0.2, 0.25) is 0 Å². The largest absolute Gasteiger partial charge is 0.460 e. The molecular formula is C21H32ClN2O2+. The molecule has 0 radical (unpaired) electrons. The van der Waals surface area contributed by atoms with Gasteiger partial charge >= 0.3 is 5.97 Å². The molecule has 0 spiro atoms. The summed E-state index contributed by atoms with van der Waals surface area (Å²) in [6.45, 7) is 6.00. The van der Waals surface area contributed by atoms with Gasteiger partial charge in [-0.1, -0.05) is 30.2 Å². The van der Waals surface area contributed by atoms with E-state index in [0.717, 1.165) is 61.9 Å². The second kappa shape index (κ2) is 7.87. The molecule has 4 nitrogen and oxygen atoms in total. The van der Waals surface area contributed by atoms with Crippen LogP contribution in [0, 0.1) is 0 Å². The normalized spacial score (nSPS) is 24.0. The lowest BCUT2D eigenvalue weighted by Crippen LogP contribution is -2.54. The molecule has 2 fully saturated rings. The topological polar surface area (TPSA) is 29.5 Å². The summed E-state index contributed by atoms with van der Waals surface area (Å²) >= 11 is 6.08. The number of quaternary nitrogens is 1. The van der Waals surface area contributed by atoms with E-state index >= 15 is 0 Å². The predicted molar refractivity (Wildman–Crippen MR) is 105 cm³/mol. The molecule has 0 aliphatic carbocycles. The lowest BCUT2D eigenvalue weighted by Gasteiger charge is -2.43. The Balaban J connectivity index is 1.80. The number of carbonyl (C=O) groups excluding carboxylic acids is 1. The van der Waals surface area contributed by atoms with E-state index in [1.165, 1.54) is 6.42 Å². The number of nitrogens with zero attached hydrogens (tertiary/aromatic N) is 2. The molecule has 0 aromatic heterocycles. The van der Waals surface area contributed by atoms with Gasteiger partial charge in [0, 0.05) is 17.9 Å². The van der Waals surface area contributed by atoms with E-state index < -0.39 is 5.54 Å². The molecule has 0 N–H and O–H groups in total. The number of benzene rings is 1. The zero-order chi connectivity index (χ0) is 18.8. The standard InChI is InChI=1S/C21H32ClN2O2/c1-21(23-13-5-4-6-14-23,17-7-9-18(22)10-8-17)20(25)26-19-11-15-24(2,3)16-12-19/h7-10,19H,4-6,11-16H2,1-3H3/q+1. The number of piperidine rings is 2. The van der Waals surface area contributed by atoms with Gasteiger partial charge in [-0.25, -0.2) is 4.79 Å². The number of rotatable bonds is 4. The highest BCUT2D eigenvalue weighted by Crippen LogP contribution is 2.34. The van der Waals surface area contributed by atoms with Crippen LogP contribution in [0.3, 0.4) is 0 Å². The smallest absolute Gasteiger partial charge is 0.331 e. The lowest BCUT2D eigenvalue weighted by atomic mass is 9.88. The maximum atomic E-state index is 13.4. The maximum Gasteiger partial charge on any atom is 0.331 e. The van der Waals surface area contributed by atoms with Crippen LogP contribution in [0.25, 0.3) is 0 Å². The first-order chi connectivity index (χ1) is 12.3. The van der Waals surface area contributed by atoms with E-state index in [-0.39, 0.29) is 12.1 Å². The quantitative estimate of drug-likeness (QED) is 0.588. The van der Waals surface area contributed by atoms with Crippen molar-refractivity contribution in [1.82, 2.24) is 4.90 Å². The van der Waals surface area contributed by atoms with Gasteiger partial charge in [-0.3, -0.25) is 4.90 Å². The third kappa shape index (κ3) is 4.24. The van der Waals surface area contributed by atoms with E-state index in [2.05, 4.69) is 19.0 Å². The van der Waals surface area contributed by atoms with Gasteiger partial charge in [0.25, 0.3) is 0 Å². The molecule has 144 valence electrons. The van der Waals surface area contributed by atoms with Crippen molar-refractivity contribution in [3.8, 4) is 0 Å². The van der Waals surface area contributed by atoms with Crippen molar-refractivity contribution >= 4 is 17.6 Å². The molecule has 1 aromatic rings. The van der Waals surface area contributed by atoms with Crippen LogP contribution in [0.15, 0.2) is 24.3 Å². The fourth-order valence-electron chi connectivity index (χ4n) is 4.17. The van der Waals surface area contributed by atoms with Gasteiger partial charge in [-0.2, -0.15) is 0 Å². The van der Waals surface area contributed by atoms with E-state index in [1.807, 2.05) is 31.2 Å². The number of likely N-dealkylation sites (tertiary alicyclic amines) is 2. The van der Waals surface area contributed by atoms with Crippen LogP contribution in [0.4, 0.5) is 0 Å². The van der Waals surface area contributed by atoms with Gasteiger partial charge in [0.05, 0.1) is 27.2 Å². The minimum Gasteiger partial charge on any atom is -0.460 e. The van der Waals surface area contributed by atoms with Crippen molar-refractivity contribution in [3.63, 3.8) is 0 Å². The van der Waals surface area contributed by atoms with Crippen LogP contribution >= 0.6 is 11.6 Å². The van der Waals surface area contributed by atoms with Gasteiger partial charge < -0.3 is 9.22 Å². The molecule has 0 amide bonds. The molecule has 0 saturated carbocycles. The highest BCUT2D eigenvalue weighted by atomic mass is 35.5. The van der Waals surface area contributed by atoms with Crippen LogP contribution in [-0.4, -0.2) is 61.7 Å². The van der Waals surface area contributed by atoms with Gasteiger partial charge in [0.15, 0.2) is 0 Å². The van der Waals surface area contributed by atoms with E-state index in [9.17, 15) is 4.79 Å². The minimum atomic E-state index is -0.743. The number of halogens is 1. The Hall–Kier alpha value is -1.10. The maximum absolute atomic E-state index is 13.4. The first-order valence-corrected chi connectivity index (χ1v) is 10.2. The Kier molecular flexibility index (Phi) is 5.95. The van der Waals surface area contributed by atoms with Crippen molar-refractivity contribution in [2.24, 2.45) is 0 Å². The Bertz CT molecular complexity index is 615. The summed E-state index contributed by atoms with van der Waals surface area (Å²) in [6.07, 6.45) is 5.41. The van der Waals surface area contributed by atoms with Crippen LogP contribution in [0.2, 0.25) is 5.02 Å². The number of esters is 1. The average Bonchev–Trinajstić information content (AvgIpc) is 2.64. The van der Waals surface area contributed by atoms with Crippen LogP contribution in [0.5, 0.6) is 0 Å². The third-order valence-corrected chi connectivity index (χ3v) is 6.43. The molecule has 2 aliphatic heterocycles. The highest BCUT2D eigenvalue weighted by Gasteiger charge is 2.44. The first-order valence-electron chi connectivity index (χ1n) is 9.85. The number of hydrogen-bond acceptors (Lipinski definition) is 3. The molecule has 2 heterocycles. The Morgan fingerprint density at radius 2 is 1.69 bits per heavy atom. The molecule has 26 heavy (non-hydrogen) atoms. The third-order valence-electron chi connectivity index (χ3n) is 6.18. The molecule has 1 atom stereocenters. The first kappa shape index (κ1) is 19.7. The summed E-state index contributed by atoms with van der Waals surface area (Å²) in [5, 5.41) is 0.690. The van der Waals surface area contributed by atoms with Crippen LogP contribution in [-0.2, 0) is 15.1 Å². The second-order valence-corrected chi connectivity index (χ2v) is 9.05. The SMILES string of the molecule is CC(C(=O)OC1CC[N+](C)(C)CC1)(c1ccc(Cl)cc1)N1CCCCC1. The molecule has 1 unspecified atom stereocenters. The fourth-order valence-corrected chi connectivity index (χ4v) is 4.30. The van der Waals surface area contributed by atoms with Gasteiger partial charge in [-0.05, 0) is 50.6 Å². The van der Waals surface area contributed by atoms with Crippen molar-refractivity contribution < 1.29 is 14.0 Å². The van der Waals surface area contributed by atoms with Crippen molar-refractivity contribution in [2.45, 2.75) is 50.7 Å². The highest BCUT2D eigenvalue weighted by molar-refractivity contribution is 6.30. The number of hydrogen-bond donors (Lipinski definition) is 0. The summed E-state index contributed by atoms with van der Waals surface area (Å²) < 4.78 is 7.07. The summed E-state index contributed by atoms with van der Waals surface area (Å²) in [5.74, 6) is -0.112. The second-order valence-electron chi connectivity index (χ2n) is 8.61. The Morgan fingerprint density at radius 1 is 1.12 bits per heavy atom. The fraction of sp³-hybridized carbons (Fsp3) is 0.667. The predicted octanol–water partition coefficient (Wildman–Crippen LogP) is 3.82. The number of carbonyl (C=O) groups is 1. The minimum absolute atomic E-state index is 0.0325. The van der Waals surface area contributed by atoms with Crippen LogP contribution in [0.1, 0.15) is 44.6 Å². The lowest BCUT2D eigenvalue weighted by molar-refractivity contribution is -0.896. The van der Waals surface area contributed by atoms with Gasteiger partial charge in [0.1, 0.15) is 11.6 Å². The van der Waals surface area contributed by atoms with Crippen molar-refractivity contribution in [2.75, 3.05) is 40.3 Å². The molecule has 1 aromatic carbocycles. The molecule has 2 aliphatic rings. The van der Waals surface area contributed by atoms with E-state index in [0.29, 0.717) is 5.02 Å². The summed E-state index contributed by atoms with van der Waals surface area (Å²) in [6, 6.07) is 7.68. The Morgan fingerprint density at radius 3 is 2.27 bits per heavy atom. The molecule has 2 saturated heterocycles. The molecule has 0 bridgehead atoms. The van der Waals surface area contributed by atoms with Crippen molar-refractivity contribution in [3.05, 3.63) is 34.9 Å². The zero-order valence-corrected chi connectivity index (χ0v) is 17.1. The van der Waals surface area contributed by atoms with Crippen molar-refractivity contribution in [1.29, 1.82) is 0 Å². The van der Waals surface area contributed by atoms with Gasteiger partial charge in [-0.15, -0.1) is 0 Å². The summed E-state index contributed by atoms with van der Waals surface area (Å²) in [7, 11) is 4.48. The van der Waals surface area contributed by atoms with Crippen LogP contribution < -0.4 is 0 Å². The zero-order valence-electron chi connectivity index (χ0n) is 16.3. The summed E-state index contributed by atoms with van der Waals surface area (Å²) in [5.41, 5.74) is 0.230. The molecule has 3 rings (SSSR count). The molecular weight excluding hydrogens is 348 g/mol. The molecule has 5 heteroatoms. The number of ether oxygens (including phenoxy) is 1. The summed E-state index contributed by atoms with van der Waals surface area (Å²) in [4.78, 5) is 15.7. The monoisotopic (exact) mass is 379 g/mol. The van der Waals surface area contributed by atoms with E-state index in [4.69, 9.17) is 16.3 Å². The Labute approximate surface area is 162 Å². The van der Waals surface area contributed by atoms with E-state index in [1.54, 1.807) is 0 Å². The average molecular weight is 380 g/mol.